The molecule has 0 unspecified atom stereocenters. The van der Waals surface area contributed by atoms with Crippen LogP contribution in [0.4, 0.5) is 4.79 Å². The Morgan fingerprint density at radius 3 is 2.70 bits per heavy atom. The number of hydrogen-bond donors (Lipinski definition) is 3. The molecule has 0 atom stereocenters. The van der Waals surface area contributed by atoms with Crippen LogP contribution in [0.1, 0.15) is 30.4 Å². The van der Waals surface area contributed by atoms with Crippen molar-refractivity contribution in [2.45, 2.75) is 32.7 Å². The van der Waals surface area contributed by atoms with Crippen LogP contribution in [0, 0.1) is 6.92 Å². The van der Waals surface area contributed by atoms with Crippen LogP contribution in [-0.2, 0) is 16.1 Å². The second-order valence-corrected chi connectivity index (χ2v) is 4.28. The number of nitrogens with zero attached hydrogens (tertiary/aromatic N) is 1. The first-order valence-corrected chi connectivity index (χ1v) is 6.18. The molecule has 1 aromatic rings. The molecule has 7 nitrogen and oxygen atoms in total. The van der Waals surface area contributed by atoms with Gasteiger partial charge in [0, 0.05) is 31.8 Å². The van der Waals surface area contributed by atoms with Crippen LogP contribution in [0.5, 0.6) is 0 Å². The van der Waals surface area contributed by atoms with Gasteiger partial charge < -0.3 is 10.4 Å². The van der Waals surface area contributed by atoms with Crippen molar-refractivity contribution in [3.8, 4) is 0 Å². The highest BCUT2D eigenvalue weighted by Gasteiger charge is 2.08. The lowest BCUT2D eigenvalue weighted by Gasteiger charge is -2.08. The van der Waals surface area contributed by atoms with E-state index in [1.165, 1.54) is 0 Å². The molecule has 3 amide bonds. The number of aryl methyl sites for hydroxylation is 1. The van der Waals surface area contributed by atoms with E-state index < -0.39 is 17.9 Å². The molecule has 1 aromatic heterocycles. The van der Waals surface area contributed by atoms with Gasteiger partial charge in [-0.25, -0.2) is 4.79 Å². The Kier molecular flexibility index (Phi) is 6.15. The molecule has 0 bridgehead atoms. The molecule has 0 spiro atoms. The van der Waals surface area contributed by atoms with Crippen LogP contribution in [0.2, 0.25) is 0 Å². The van der Waals surface area contributed by atoms with Crippen molar-refractivity contribution in [2.75, 3.05) is 0 Å². The molecule has 1 rings (SSSR count). The maximum Gasteiger partial charge on any atom is 0.321 e. The van der Waals surface area contributed by atoms with Crippen molar-refractivity contribution >= 4 is 17.9 Å². The number of carbonyl (C=O) groups excluding carboxylic acids is 2. The Bertz CT molecular complexity index is 502. The SMILES string of the molecule is Cc1ccncc1CNC(=O)NC(=O)CCCC(=O)O. The number of carboxylic acids is 1. The lowest BCUT2D eigenvalue weighted by Crippen LogP contribution is -2.39. The van der Waals surface area contributed by atoms with Crippen LogP contribution in [0.25, 0.3) is 0 Å². The van der Waals surface area contributed by atoms with E-state index in [4.69, 9.17) is 5.11 Å². The van der Waals surface area contributed by atoms with E-state index in [0.29, 0.717) is 0 Å². The van der Waals surface area contributed by atoms with Crippen LogP contribution < -0.4 is 10.6 Å². The summed E-state index contributed by atoms with van der Waals surface area (Å²) in [6.07, 6.45) is 3.42. The van der Waals surface area contributed by atoms with Crippen molar-refractivity contribution in [2.24, 2.45) is 0 Å². The van der Waals surface area contributed by atoms with Crippen molar-refractivity contribution in [3.63, 3.8) is 0 Å². The maximum atomic E-state index is 11.5. The zero-order valence-electron chi connectivity index (χ0n) is 11.2. The first kappa shape index (κ1) is 15.6. The van der Waals surface area contributed by atoms with E-state index in [9.17, 15) is 14.4 Å². The highest BCUT2D eigenvalue weighted by molar-refractivity contribution is 5.94. The average Bonchev–Trinajstić information content (AvgIpc) is 2.37. The highest BCUT2D eigenvalue weighted by atomic mass is 16.4. The Hall–Kier alpha value is -2.44. The number of aromatic nitrogens is 1. The summed E-state index contributed by atoms with van der Waals surface area (Å²) in [5, 5.41) is 13.1. The Labute approximate surface area is 116 Å². The third-order valence-electron chi connectivity index (χ3n) is 2.63. The van der Waals surface area contributed by atoms with Gasteiger partial charge in [-0.1, -0.05) is 0 Å². The molecule has 0 aromatic carbocycles. The van der Waals surface area contributed by atoms with Gasteiger partial charge in [0.05, 0.1) is 0 Å². The molecule has 0 radical (unpaired) electrons. The van der Waals surface area contributed by atoms with Gasteiger partial charge in [0.1, 0.15) is 0 Å². The second kappa shape index (κ2) is 7.88. The quantitative estimate of drug-likeness (QED) is 0.719. The number of nitrogens with one attached hydrogen (secondary N) is 2. The zero-order chi connectivity index (χ0) is 15.0. The Morgan fingerprint density at radius 1 is 1.30 bits per heavy atom. The summed E-state index contributed by atoms with van der Waals surface area (Å²) >= 11 is 0. The molecule has 1 heterocycles. The fraction of sp³-hybridized carbons (Fsp3) is 0.385. The fourth-order valence-corrected chi connectivity index (χ4v) is 1.49. The lowest BCUT2D eigenvalue weighted by atomic mass is 10.2. The number of pyridine rings is 1. The van der Waals surface area contributed by atoms with Crippen LogP contribution >= 0.6 is 0 Å². The van der Waals surface area contributed by atoms with Gasteiger partial charge in [0.25, 0.3) is 0 Å². The van der Waals surface area contributed by atoms with E-state index in [2.05, 4.69) is 15.6 Å². The minimum atomic E-state index is -0.964. The number of urea groups is 1. The molecule has 0 aliphatic rings. The van der Waals surface area contributed by atoms with Crippen molar-refractivity contribution in [1.82, 2.24) is 15.6 Å². The molecule has 0 saturated heterocycles. The predicted octanol–water partition coefficient (Wildman–Crippen LogP) is 0.971. The third-order valence-corrected chi connectivity index (χ3v) is 2.63. The summed E-state index contributed by atoms with van der Waals surface area (Å²) in [4.78, 5) is 37.0. The minimum Gasteiger partial charge on any atom is -0.481 e. The number of amides is 3. The molecule has 7 heteroatoms. The topological polar surface area (TPSA) is 108 Å². The van der Waals surface area contributed by atoms with E-state index in [1.807, 2.05) is 13.0 Å². The molecule has 0 aliphatic heterocycles. The largest absolute Gasteiger partial charge is 0.481 e. The highest BCUT2D eigenvalue weighted by Crippen LogP contribution is 2.03. The first-order valence-electron chi connectivity index (χ1n) is 6.18. The van der Waals surface area contributed by atoms with Gasteiger partial charge >= 0.3 is 12.0 Å². The summed E-state index contributed by atoms with van der Waals surface area (Å²) < 4.78 is 0. The number of carboxylic acid groups (broad SMARTS) is 1. The Morgan fingerprint density at radius 2 is 2.05 bits per heavy atom. The molecule has 0 fully saturated rings. The van der Waals surface area contributed by atoms with Gasteiger partial charge in [-0.3, -0.25) is 19.9 Å². The van der Waals surface area contributed by atoms with Gasteiger partial charge in [-0.2, -0.15) is 0 Å². The van der Waals surface area contributed by atoms with E-state index >= 15 is 0 Å². The molecule has 0 aliphatic carbocycles. The van der Waals surface area contributed by atoms with Crippen LogP contribution in [0.3, 0.4) is 0 Å². The average molecular weight is 279 g/mol. The van der Waals surface area contributed by atoms with Crippen LogP contribution in [0.15, 0.2) is 18.5 Å². The van der Waals surface area contributed by atoms with E-state index in [1.54, 1.807) is 12.4 Å². The summed E-state index contributed by atoms with van der Waals surface area (Å²) in [6, 6.07) is 1.22. The summed E-state index contributed by atoms with van der Waals surface area (Å²) in [7, 11) is 0. The van der Waals surface area contributed by atoms with E-state index in [-0.39, 0.29) is 25.8 Å². The van der Waals surface area contributed by atoms with Crippen LogP contribution in [-0.4, -0.2) is 28.0 Å². The number of hydrogen-bond acceptors (Lipinski definition) is 4. The summed E-state index contributed by atoms with van der Waals surface area (Å²) in [6.45, 7) is 2.17. The number of rotatable bonds is 6. The molecule has 20 heavy (non-hydrogen) atoms. The third kappa shape index (κ3) is 5.94. The van der Waals surface area contributed by atoms with Gasteiger partial charge in [0.2, 0.25) is 5.91 Å². The van der Waals surface area contributed by atoms with E-state index in [0.717, 1.165) is 11.1 Å². The summed E-state index contributed by atoms with van der Waals surface area (Å²) in [5.74, 6) is -1.46. The molecule has 108 valence electrons. The van der Waals surface area contributed by atoms with Crippen molar-refractivity contribution in [1.29, 1.82) is 0 Å². The number of imide groups is 1. The lowest BCUT2D eigenvalue weighted by molar-refractivity contribution is -0.137. The molecular formula is C13H17N3O4. The Balaban J connectivity index is 2.28. The van der Waals surface area contributed by atoms with Gasteiger partial charge in [-0.05, 0) is 30.5 Å². The fourth-order valence-electron chi connectivity index (χ4n) is 1.49. The van der Waals surface area contributed by atoms with Crippen molar-refractivity contribution in [3.05, 3.63) is 29.6 Å². The number of aliphatic carboxylic acids is 1. The monoisotopic (exact) mass is 279 g/mol. The number of carbonyl (C=O) groups is 3. The maximum absolute atomic E-state index is 11.5. The summed E-state index contributed by atoms with van der Waals surface area (Å²) in [5.41, 5.74) is 1.86. The first-order chi connectivity index (χ1) is 9.49. The standard InChI is InChI=1S/C13H17N3O4/c1-9-5-6-14-7-10(9)8-15-13(20)16-11(17)3-2-4-12(18)19/h5-7H,2-4,8H2,1H3,(H,18,19)(H2,15,16,17,20). The molecule has 3 N–H and O–H groups in total. The van der Waals surface area contributed by atoms with Gasteiger partial charge in [-0.15, -0.1) is 0 Å². The minimum absolute atomic E-state index is 0.00560. The second-order valence-electron chi connectivity index (χ2n) is 4.28. The van der Waals surface area contributed by atoms with Crippen molar-refractivity contribution < 1.29 is 19.5 Å². The zero-order valence-corrected chi connectivity index (χ0v) is 11.2. The van der Waals surface area contributed by atoms with Gasteiger partial charge in [0.15, 0.2) is 0 Å². The normalized spacial score (nSPS) is 9.85. The molecule has 0 saturated carbocycles. The predicted molar refractivity (Wildman–Crippen MR) is 70.8 cm³/mol. The molecular weight excluding hydrogens is 262 g/mol. The smallest absolute Gasteiger partial charge is 0.321 e.